The van der Waals surface area contributed by atoms with Gasteiger partial charge in [-0.05, 0) is 44.5 Å². The molecule has 0 aromatic heterocycles. The average Bonchev–Trinajstić information content (AvgIpc) is 2.49. The van der Waals surface area contributed by atoms with Crippen LogP contribution in [0.1, 0.15) is 24.8 Å². The van der Waals surface area contributed by atoms with Gasteiger partial charge in [0.1, 0.15) is 5.82 Å². The van der Waals surface area contributed by atoms with Crippen LogP contribution in [0.4, 0.5) is 4.39 Å². The molecule has 0 spiro atoms. The van der Waals surface area contributed by atoms with E-state index in [1.165, 1.54) is 6.07 Å². The van der Waals surface area contributed by atoms with Gasteiger partial charge in [-0.25, -0.2) is 4.39 Å². The molecule has 0 saturated carbocycles. The molecule has 1 aliphatic heterocycles. The highest BCUT2D eigenvalue weighted by atomic mass is 79.9. The van der Waals surface area contributed by atoms with Crippen molar-refractivity contribution in [2.24, 2.45) is 11.1 Å². The highest BCUT2D eigenvalue weighted by molar-refractivity contribution is 9.10. The Hall–Kier alpha value is -0.980. The van der Waals surface area contributed by atoms with E-state index in [2.05, 4.69) is 20.8 Å². The number of rotatable bonds is 6. The lowest BCUT2D eigenvalue weighted by Crippen LogP contribution is -2.47. The lowest BCUT2D eigenvalue weighted by Gasteiger charge is -2.39. The number of ether oxygens (including phenoxy) is 1. The summed E-state index contributed by atoms with van der Waals surface area (Å²) in [5.41, 5.74) is 5.79. The first-order valence-corrected chi connectivity index (χ1v) is 8.21. The summed E-state index contributed by atoms with van der Waals surface area (Å²) in [6.45, 7) is 2.56. The number of nitrogens with zero attached hydrogens (tertiary/aromatic N) is 1. The third kappa shape index (κ3) is 4.06. The van der Waals surface area contributed by atoms with Crippen molar-refractivity contribution in [2.75, 3.05) is 26.8 Å². The minimum Gasteiger partial charge on any atom is -0.385 e. The summed E-state index contributed by atoms with van der Waals surface area (Å²) >= 11 is 3.26. The van der Waals surface area contributed by atoms with Crippen molar-refractivity contribution >= 4 is 21.8 Å². The Morgan fingerprint density at radius 1 is 1.45 bits per heavy atom. The lowest BCUT2D eigenvalue weighted by atomic mass is 9.75. The van der Waals surface area contributed by atoms with Crippen LogP contribution in [0.5, 0.6) is 0 Å². The zero-order valence-corrected chi connectivity index (χ0v) is 14.4. The van der Waals surface area contributed by atoms with Gasteiger partial charge in [-0.1, -0.05) is 22.0 Å². The fourth-order valence-corrected chi connectivity index (χ4v) is 3.28. The molecule has 0 aliphatic carbocycles. The number of hydrogen-bond donors (Lipinski definition) is 1. The monoisotopic (exact) mass is 372 g/mol. The van der Waals surface area contributed by atoms with Crippen molar-refractivity contribution in [3.05, 3.63) is 34.1 Å². The Bertz CT molecular complexity index is 531. The Labute approximate surface area is 138 Å². The third-order valence-corrected chi connectivity index (χ3v) is 5.02. The van der Waals surface area contributed by atoms with Crippen molar-refractivity contribution < 1.29 is 13.9 Å². The number of halogens is 2. The highest BCUT2D eigenvalue weighted by Crippen LogP contribution is 2.35. The van der Waals surface area contributed by atoms with E-state index in [9.17, 15) is 9.18 Å². The van der Waals surface area contributed by atoms with Gasteiger partial charge in [-0.3, -0.25) is 9.69 Å². The molecule has 0 unspecified atom stereocenters. The predicted molar refractivity (Wildman–Crippen MR) is 86.7 cm³/mol. The highest BCUT2D eigenvalue weighted by Gasteiger charge is 2.39. The standard InChI is InChI=1S/C16H22BrFN2O2/c1-22-9-6-16(15(19)21)4-7-20(8-5-16)11-12-2-3-13(17)10-14(12)18/h2-3,10H,4-9,11H2,1H3,(H2,19,21). The summed E-state index contributed by atoms with van der Waals surface area (Å²) in [6, 6.07) is 5.11. The van der Waals surface area contributed by atoms with Gasteiger partial charge in [-0.2, -0.15) is 0 Å². The fraction of sp³-hybridized carbons (Fsp3) is 0.562. The van der Waals surface area contributed by atoms with Crippen LogP contribution in [-0.4, -0.2) is 37.6 Å². The van der Waals surface area contributed by atoms with E-state index in [-0.39, 0.29) is 11.7 Å². The van der Waals surface area contributed by atoms with Crippen LogP contribution >= 0.6 is 15.9 Å². The number of carbonyl (C=O) groups excluding carboxylic acids is 1. The summed E-state index contributed by atoms with van der Waals surface area (Å²) < 4.78 is 19.7. The smallest absolute Gasteiger partial charge is 0.223 e. The molecule has 1 saturated heterocycles. The zero-order chi connectivity index (χ0) is 16.2. The lowest BCUT2D eigenvalue weighted by molar-refractivity contribution is -0.131. The molecular weight excluding hydrogens is 351 g/mol. The van der Waals surface area contributed by atoms with Gasteiger partial charge in [0.05, 0.1) is 5.41 Å². The summed E-state index contributed by atoms with van der Waals surface area (Å²) in [5.74, 6) is -0.459. The van der Waals surface area contributed by atoms with E-state index in [1.807, 2.05) is 6.07 Å². The number of carbonyl (C=O) groups is 1. The van der Waals surface area contributed by atoms with Crippen molar-refractivity contribution in [3.63, 3.8) is 0 Å². The van der Waals surface area contributed by atoms with E-state index in [0.717, 1.165) is 17.6 Å². The molecule has 2 rings (SSSR count). The van der Waals surface area contributed by atoms with Gasteiger partial charge in [0.25, 0.3) is 0 Å². The van der Waals surface area contributed by atoms with Crippen molar-refractivity contribution in [1.82, 2.24) is 4.90 Å². The van der Waals surface area contributed by atoms with E-state index < -0.39 is 5.41 Å². The Morgan fingerprint density at radius 2 is 2.14 bits per heavy atom. The topological polar surface area (TPSA) is 55.6 Å². The van der Waals surface area contributed by atoms with E-state index in [4.69, 9.17) is 10.5 Å². The van der Waals surface area contributed by atoms with Crippen LogP contribution in [0.2, 0.25) is 0 Å². The second-order valence-corrected chi connectivity index (χ2v) is 6.81. The fourth-order valence-electron chi connectivity index (χ4n) is 2.95. The third-order valence-electron chi connectivity index (χ3n) is 4.53. The van der Waals surface area contributed by atoms with Crippen LogP contribution in [0.15, 0.2) is 22.7 Å². The number of methoxy groups -OCH3 is 1. The molecule has 1 heterocycles. The summed E-state index contributed by atoms with van der Waals surface area (Å²) in [7, 11) is 1.63. The normalized spacial score (nSPS) is 18.3. The molecule has 0 radical (unpaired) electrons. The van der Waals surface area contributed by atoms with Crippen LogP contribution in [0, 0.1) is 11.2 Å². The van der Waals surface area contributed by atoms with Crippen molar-refractivity contribution in [1.29, 1.82) is 0 Å². The Kier molecular flexibility index (Phi) is 5.94. The molecule has 0 bridgehead atoms. The maximum Gasteiger partial charge on any atom is 0.223 e. The van der Waals surface area contributed by atoms with Crippen molar-refractivity contribution in [2.45, 2.75) is 25.8 Å². The van der Waals surface area contributed by atoms with Crippen LogP contribution in [0.3, 0.4) is 0 Å². The maximum atomic E-state index is 13.9. The van der Waals surface area contributed by atoms with Crippen LogP contribution < -0.4 is 5.73 Å². The first kappa shape index (κ1) is 17.4. The summed E-state index contributed by atoms with van der Waals surface area (Å²) in [4.78, 5) is 14.0. The number of primary amides is 1. The number of amides is 1. The summed E-state index contributed by atoms with van der Waals surface area (Å²) in [5, 5.41) is 0. The van der Waals surface area contributed by atoms with Gasteiger partial charge < -0.3 is 10.5 Å². The van der Waals surface area contributed by atoms with Crippen LogP contribution in [-0.2, 0) is 16.1 Å². The van der Waals surface area contributed by atoms with Crippen molar-refractivity contribution in [3.8, 4) is 0 Å². The number of benzene rings is 1. The van der Waals surface area contributed by atoms with Gasteiger partial charge in [0, 0.05) is 30.3 Å². The molecule has 1 aromatic rings. The molecule has 1 amide bonds. The SMILES string of the molecule is COCCC1(C(N)=O)CCN(Cc2ccc(Br)cc2F)CC1. The van der Waals surface area contributed by atoms with Gasteiger partial charge in [-0.15, -0.1) is 0 Å². The average molecular weight is 373 g/mol. The van der Waals surface area contributed by atoms with Crippen LogP contribution in [0.25, 0.3) is 0 Å². The maximum absolute atomic E-state index is 13.9. The molecule has 1 aliphatic rings. The molecule has 122 valence electrons. The number of piperidine rings is 1. The first-order chi connectivity index (χ1) is 10.5. The second kappa shape index (κ2) is 7.53. The van der Waals surface area contributed by atoms with E-state index in [0.29, 0.717) is 38.0 Å². The van der Waals surface area contributed by atoms with Gasteiger partial charge in [0.2, 0.25) is 5.91 Å². The number of hydrogen-bond acceptors (Lipinski definition) is 3. The van der Waals surface area contributed by atoms with Gasteiger partial charge in [0.15, 0.2) is 0 Å². The molecule has 22 heavy (non-hydrogen) atoms. The molecule has 0 atom stereocenters. The Balaban J connectivity index is 1.97. The molecule has 6 heteroatoms. The van der Waals surface area contributed by atoms with E-state index >= 15 is 0 Å². The minimum absolute atomic E-state index is 0.208. The quantitative estimate of drug-likeness (QED) is 0.834. The number of nitrogens with two attached hydrogens (primary N) is 1. The largest absolute Gasteiger partial charge is 0.385 e. The molecule has 4 nitrogen and oxygen atoms in total. The predicted octanol–water partition coefficient (Wildman–Crippen LogP) is 2.69. The second-order valence-electron chi connectivity index (χ2n) is 5.90. The number of likely N-dealkylation sites (tertiary alicyclic amines) is 1. The molecule has 1 aromatic carbocycles. The van der Waals surface area contributed by atoms with E-state index in [1.54, 1.807) is 13.2 Å². The molecular formula is C16H22BrFN2O2. The minimum atomic E-state index is -0.481. The zero-order valence-electron chi connectivity index (χ0n) is 12.8. The summed E-state index contributed by atoms with van der Waals surface area (Å²) in [6.07, 6.45) is 2.05. The molecule has 2 N–H and O–H groups in total. The molecule has 1 fully saturated rings. The first-order valence-electron chi connectivity index (χ1n) is 7.42. The van der Waals surface area contributed by atoms with Gasteiger partial charge >= 0.3 is 0 Å². The Morgan fingerprint density at radius 3 is 2.68 bits per heavy atom.